The molecule has 0 aliphatic carbocycles. The standard InChI is InChI=1S/2C28H16N8O.C16H11N5O.C16H10N4OS.2C2H6/c2*1-3-11-19-17(9-1)29-26-33(19)21-13-5-7-15-23(21)35(26)25-31-28(37-32-25)36-24-16-8-6-14-22(24)34-20-12-4-2-10-18(20)30-27(34)36;1-10-17-15(19-22-10)21-14-9-5-4-8-13(14)20-12-7-3-2-6-11(12)18-16(20)21;1-9-17-15(21-19-9)10-5-4-7-12-14(10)18-16-20(12)11-6-2-3-8-13(11)22-16;2*1-2/h2*1-16H;2-9H,1H3;2-8H,1H3;2*1-2H3. The van der Waals surface area contributed by atoms with Crippen molar-refractivity contribution in [2.45, 2.75) is 41.5 Å². The van der Waals surface area contributed by atoms with Crippen molar-refractivity contribution < 1.29 is 18.1 Å². The summed E-state index contributed by atoms with van der Waals surface area (Å²) in [6, 6.07) is 96.1. The fourth-order valence-electron chi connectivity index (χ4n) is 16.7. The van der Waals surface area contributed by atoms with Crippen molar-refractivity contribution in [3.63, 3.8) is 0 Å². The molecule has 0 amide bonds. The van der Waals surface area contributed by atoms with Gasteiger partial charge in [-0.2, -0.15) is 19.9 Å². The molecule has 30 heteroatoms. The molecule has 0 fully saturated rings. The van der Waals surface area contributed by atoms with Crippen LogP contribution in [0.15, 0.2) is 303 Å². The van der Waals surface area contributed by atoms with Crippen LogP contribution in [0, 0.1) is 13.8 Å². The SMILES string of the molecule is CC.CC.Cc1nc(-n2c3ccccc3n3c4ccccc4nc23)no1.Cc1noc(-c2cccc3c2nc2sc4ccccc4n23)n1.c1ccc2c(c1)nc1n(-c3noc(-n4c5ccccc5n5c6ccccc6nc45)n3)c3ccccc3n21.c1ccc2c(c1)nc1n(-c3noc(-n4c5ccccc5n5c6ccccc6nc45)n3)c3ccccc3n21. The Balaban J connectivity index is 0.0000000957. The fourth-order valence-corrected chi connectivity index (χ4v) is 17.7. The summed E-state index contributed by atoms with van der Waals surface area (Å²) < 4.78 is 45.9. The molecule has 0 unspecified atom stereocenters. The predicted molar refractivity (Wildman–Crippen MR) is 472 cm³/mol. The van der Waals surface area contributed by atoms with Crippen molar-refractivity contribution in [3.05, 3.63) is 297 Å². The molecule has 29 nitrogen and oxygen atoms in total. The summed E-state index contributed by atoms with van der Waals surface area (Å²) >= 11 is 1.68. The van der Waals surface area contributed by atoms with Crippen molar-refractivity contribution in [2.75, 3.05) is 0 Å². The lowest BCUT2D eigenvalue weighted by atomic mass is 10.2. The number of thiazole rings is 1. The van der Waals surface area contributed by atoms with Gasteiger partial charge >= 0.3 is 12.0 Å². The second-order valence-corrected chi connectivity index (χ2v) is 29.3. The minimum Gasteiger partial charge on any atom is -0.338 e. The zero-order chi connectivity index (χ0) is 81.5. The van der Waals surface area contributed by atoms with E-state index >= 15 is 0 Å². The second kappa shape index (κ2) is 28.0. The summed E-state index contributed by atoms with van der Waals surface area (Å²) in [5, 5.41) is 16.8. The van der Waals surface area contributed by atoms with Gasteiger partial charge in [0, 0.05) is 6.92 Å². The molecule has 0 aliphatic heterocycles. The lowest BCUT2D eigenvalue weighted by molar-refractivity contribution is 0.391. The molecule has 16 aromatic heterocycles. The van der Waals surface area contributed by atoms with E-state index in [1.807, 2.05) is 264 Å². The summed E-state index contributed by atoms with van der Waals surface area (Å²) in [6.07, 6.45) is 0. The van der Waals surface area contributed by atoms with Crippen LogP contribution >= 0.6 is 11.3 Å². The number of nitrogens with zero attached hydrogens (tertiary/aromatic N) is 25. The van der Waals surface area contributed by atoms with Gasteiger partial charge in [-0.1, -0.05) is 184 Å². The molecule has 0 saturated carbocycles. The summed E-state index contributed by atoms with van der Waals surface area (Å²) in [5.41, 5.74) is 23.6. The smallest absolute Gasteiger partial charge is 0.337 e. The van der Waals surface area contributed by atoms with E-state index in [2.05, 4.69) is 136 Å². The van der Waals surface area contributed by atoms with Crippen molar-refractivity contribution in [3.8, 4) is 41.3 Å². The van der Waals surface area contributed by atoms with Gasteiger partial charge in [-0.05, 0) is 168 Å². The van der Waals surface area contributed by atoms with Crippen LogP contribution in [0.3, 0.4) is 0 Å². The van der Waals surface area contributed by atoms with Gasteiger partial charge in [-0.3, -0.25) is 26.4 Å². The van der Waals surface area contributed by atoms with Crippen LogP contribution in [0.5, 0.6) is 0 Å². The van der Waals surface area contributed by atoms with Crippen LogP contribution in [-0.2, 0) is 0 Å². The molecule has 588 valence electrons. The first-order valence-corrected chi connectivity index (χ1v) is 40.6. The summed E-state index contributed by atoms with van der Waals surface area (Å²) in [6.45, 7) is 11.6. The van der Waals surface area contributed by atoms with Crippen molar-refractivity contribution in [1.29, 1.82) is 0 Å². The number of benzene rings is 12. The van der Waals surface area contributed by atoms with Crippen LogP contribution in [0.25, 0.3) is 207 Å². The van der Waals surface area contributed by atoms with Gasteiger partial charge in [0.2, 0.25) is 34.8 Å². The lowest BCUT2D eigenvalue weighted by Crippen LogP contribution is -1.99. The summed E-state index contributed by atoms with van der Waals surface area (Å²) in [4.78, 5) is 48.6. The molecule has 16 heterocycles. The zero-order valence-electron chi connectivity index (χ0n) is 65.9. The normalized spacial score (nSPS) is 11.9. The van der Waals surface area contributed by atoms with E-state index in [0.717, 1.165) is 149 Å². The van der Waals surface area contributed by atoms with E-state index in [-0.39, 0.29) is 0 Å². The maximum Gasteiger partial charge on any atom is 0.337 e. The summed E-state index contributed by atoms with van der Waals surface area (Å²) in [7, 11) is 0. The first kappa shape index (κ1) is 70.6. The third kappa shape index (κ3) is 10.7. The van der Waals surface area contributed by atoms with Crippen molar-refractivity contribution in [1.82, 2.24) is 120 Å². The first-order chi connectivity index (χ1) is 60.4. The lowest BCUT2D eigenvalue weighted by Gasteiger charge is -1.98. The van der Waals surface area contributed by atoms with Gasteiger partial charge in [-0.15, -0.1) is 0 Å². The molecular weight excluding hydrogens is 1550 g/mol. The van der Waals surface area contributed by atoms with Crippen LogP contribution in [0.2, 0.25) is 0 Å². The molecule has 0 N–H and O–H groups in total. The Kier molecular flexibility index (Phi) is 16.2. The van der Waals surface area contributed by atoms with Gasteiger partial charge < -0.3 is 18.1 Å². The Hall–Kier alpha value is -16.8. The second-order valence-electron chi connectivity index (χ2n) is 28.3. The van der Waals surface area contributed by atoms with Gasteiger partial charge in [0.1, 0.15) is 5.52 Å². The van der Waals surface area contributed by atoms with Gasteiger partial charge in [0.15, 0.2) is 10.8 Å². The molecule has 12 aromatic carbocycles. The highest BCUT2D eigenvalue weighted by Crippen LogP contribution is 2.38. The molecule has 122 heavy (non-hydrogen) atoms. The number of aryl methyl sites for hydroxylation is 2. The average Bonchev–Trinajstić information content (AvgIpc) is 1.59. The number of hydrogen-bond acceptors (Lipinski definition) is 19. The Morgan fingerprint density at radius 2 is 0.541 bits per heavy atom. The van der Waals surface area contributed by atoms with Crippen molar-refractivity contribution in [2.24, 2.45) is 0 Å². The predicted octanol–water partition coefficient (Wildman–Crippen LogP) is 20.4. The number of para-hydroxylation sites is 22. The number of rotatable bonds is 6. The van der Waals surface area contributed by atoms with E-state index < -0.39 is 0 Å². The highest BCUT2D eigenvalue weighted by atomic mass is 32.1. The average molecular weight is 1620 g/mol. The maximum absolute atomic E-state index is 5.91. The van der Waals surface area contributed by atoms with Crippen LogP contribution in [-0.4, -0.2) is 120 Å². The molecule has 0 bridgehead atoms. The molecule has 0 atom stereocenters. The van der Waals surface area contributed by atoms with Gasteiger partial charge in [0.25, 0.3) is 23.7 Å². The van der Waals surface area contributed by atoms with Gasteiger partial charge in [0.05, 0.1) is 132 Å². The van der Waals surface area contributed by atoms with E-state index in [1.165, 1.54) is 10.2 Å². The minimum absolute atomic E-state index is 0.337. The quantitative estimate of drug-likeness (QED) is 0.149. The maximum atomic E-state index is 5.91. The van der Waals surface area contributed by atoms with Crippen LogP contribution in [0.4, 0.5) is 0 Å². The molecule has 0 radical (unpaired) electrons. The Bertz CT molecular complexity index is 8290. The molecule has 28 aromatic rings. The fraction of sp³-hybridized carbons (Fsp3) is 0.0652. The van der Waals surface area contributed by atoms with E-state index in [4.69, 9.17) is 58.0 Å². The molecular formula is C92H65N25O4S. The highest BCUT2D eigenvalue weighted by Gasteiger charge is 2.29. The van der Waals surface area contributed by atoms with Gasteiger partial charge in [-0.25, -0.2) is 52.7 Å². The Morgan fingerprint density at radius 1 is 0.238 bits per heavy atom. The van der Waals surface area contributed by atoms with Crippen molar-refractivity contribution >= 4 is 177 Å². The number of fused-ring (bicyclic) bond motifs is 30. The first-order valence-electron chi connectivity index (χ1n) is 39.8. The Labute approximate surface area is 690 Å². The van der Waals surface area contributed by atoms with E-state index in [0.29, 0.717) is 59.0 Å². The molecule has 0 aliphatic rings. The molecule has 0 spiro atoms. The third-order valence-electron chi connectivity index (χ3n) is 21.6. The van der Waals surface area contributed by atoms with Crippen LogP contribution in [0.1, 0.15) is 39.4 Å². The molecule has 28 rings (SSSR count). The zero-order valence-corrected chi connectivity index (χ0v) is 66.7. The van der Waals surface area contributed by atoms with Crippen LogP contribution < -0.4 is 0 Å². The Morgan fingerprint density at radius 3 is 0.893 bits per heavy atom. The number of imidazole rings is 11. The largest absolute Gasteiger partial charge is 0.338 e. The van der Waals surface area contributed by atoms with E-state index in [1.54, 1.807) is 18.3 Å². The highest BCUT2D eigenvalue weighted by molar-refractivity contribution is 7.23. The topological polar surface area (TPSA) is 284 Å². The summed E-state index contributed by atoms with van der Waals surface area (Å²) in [5.74, 6) is 6.64. The monoisotopic (exact) mass is 1620 g/mol. The number of hydrogen-bond donors (Lipinski definition) is 0. The number of aromatic nitrogens is 25. The molecule has 0 saturated heterocycles. The van der Waals surface area contributed by atoms with E-state index in [9.17, 15) is 0 Å². The third-order valence-corrected chi connectivity index (χ3v) is 22.6. The minimum atomic E-state index is 0.337.